The first-order chi connectivity index (χ1) is 9.65. The molecule has 0 N–H and O–H groups in total. The van der Waals surface area contributed by atoms with Gasteiger partial charge in [-0.1, -0.05) is 101 Å². The topological polar surface area (TPSA) is 0 Å². The standard InChI is InChI=1S/C18H38S2/c1-6-9-11-13-15-17(14-12-10-7-2)18(8-3)20-19-16(4)5/h16-18H,6-15H2,1-5H3/t17?,18-/m1/s1. The molecule has 0 nitrogen and oxygen atoms in total. The van der Waals surface area contributed by atoms with Crippen molar-refractivity contribution in [2.75, 3.05) is 0 Å². The quantitative estimate of drug-likeness (QED) is 0.237. The second-order valence-corrected chi connectivity index (χ2v) is 9.38. The Morgan fingerprint density at radius 3 is 1.75 bits per heavy atom. The number of hydrogen-bond acceptors (Lipinski definition) is 2. The van der Waals surface area contributed by atoms with Crippen LogP contribution in [-0.2, 0) is 0 Å². The van der Waals surface area contributed by atoms with Gasteiger partial charge in [-0.3, -0.25) is 0 Å². The lowest BCUT2D eigenvalue weighted by atomic mass is 9.90. The molecule has 0 saturated heterocycles. The predicted molar refractivity (Wildman–Crippen MR) is 101 cm³/mol. The van der Waals surface area contributed by atoms with Gasteiger partial charge in [-0.2, -0.15) is 0 Å². The van der Waals surface area contributed by atoms with E-state index in [2.05, 4.69) is 56.2 Å². The van der Waals surface area contributed by atoms with Crippen molar-refractivity contribution in [2.24, 2.45) is 5.92 Å². The number of unbranched alkanes of at least 4 members (excludes halogenated alkanes) is 5. The van der Waals surface area contributed by atoms with Crippen LogP contribution in [0.1, 0.15) is 98.8 Å². The molecule has 0 heterocycles. The molecule has 2 atom stereocenters. The van der Waals surface area contributed by atoms with E-state index in [1.807, 2.05) is 0 Å². The van der Waals surface area contributed by atoms with Crippen LogP contribution in [0.3, 0.4) is 0 Å². The molecule has 0 spiro atoms. The first-order valence-electron chi connectivity index (χ1n) is 8.97. The first kappa shape index (κ1) is 20.7. The van der Waals surface area contributed by atoms with Crippen molar-refractivity contribution in [3.8, 4) is 0 Å². The van der Waals surface area contributed by atoms with Gasteiger partial charge >= 0.3 is 0 Å². The highest BCUT2D eigenvalue weighted by atomic mass is 33.1. The van der Waals surface area contributed by atoms with Crippen molar-refractivity contribution in [1.29, 1.82) is 0 Å². The predicted octanol–water partition coefficient (Wildman–Crippen LogP) is 7.72. The van der Waals surface area contributed by atoms with Gasteiger partial charge in [0.2, 0.25) is 0 Å². The van der Waals surface area contributed by atoms with E-state index in [-0.39, 0.29) is 0 Å². The van der Waals surface area contributed by atoms with Gasteiger partial charge < -0.3 is 0 Å². The summed E-state index contributed by atoms with van der Waals surface area (Å²) in [5.74, 6) is 0.958. The Bertz CT molecular complexity index is 192. The molecule has 0 radical (unpaired) electrons. The molecule has 0 fully saturated rings. The highest BCUT2D eigenvalue weighted by Crippen LogP contribution is 2.39. The molecule has 0 bridgehead atoms. The summed E-state index contributed by atoms with van der Waals surface area (Å²) < 4.78 is 0. The maximum absolute atomic E-state index is 2.39. The van der Waals surface area contributed by atoms with Crippen LogP contribution in [0.25, 0.3) is 0 Å². The molecule has 0 saturated carbocycles. The minimum Gasteiger partial charge on any atom is -0.0910 e. The average molecular weight is 319 g/mol. The fraction of sp³-hybridized carbons (Fsp3) is 1.00. The zero-order chi connectivity index (χ0) is 15.2. The lowest BCUT2D eigenvalue weighted by Gasteiger charge is -2.26. The molecular weight excluding hydrogens is 280 g/mol. The molecular formula is C18H38S2. The SMILES string of the molecule is CCCCCCC(CCCCC)[C@@H](CC)SSC(C)C. The lowest BCUT2D eigenvalue weighted by Crippen LogP contribution is -2.16. The molecule has 0 aliphatic heterocycles. The van der Waals surface area contributed by atoms with Crippen molar-refractivity contribution in [2.45, 2.75) is 109 Å². The highest BCUT2D eigenvalue weighted by molar-refractivity contribution is 8.77. The molecule has 0 amide bonds. The molecule has 20 heavy (non-hydrogen) atoms. The van der Waals surface area contributed by atoms with Crippen LogP contribution in [0.15, 0.2) is 0 Å². The Balaban J connectivity index is 4.20. The average Bonchev–Trinajstić information content (AvgIpc) is 2.43. The van der Waals surface area contributed by atoms with Gasteiger partial charge in [0.1, 0.15) is 0 Å². The highest BCUT2D eigenvalue weighted by Gasteiger charge is 2.20. The van der Waals surface area contributed by atoms with Crippen LogP contribution in [0.4, 0.5) is 0 Å². The van der Waals surface area contributed by atoms with Crippen LogP contribution in [0, 0.1) is 5.92 Å². The second-order valence-electron chi connectivity index (χ2n) is 6.29. The minimum atomic E-state index is 0.755. The third-order valence-corrected chi connectivity index (χ3v) is 7.60. The van der Waals surface area contributed by atoms with Crippen molar-refractivity contribution in [1.82, 2.24) is 0 Å². The van der Waals surface area contributed by atoms with Crippen LogP contribution < -0.4 is 0 Å². The Hall–Kier alpha value is 0.700. The van der Waals surface area contributed by atoms with Gasteiger partial charge in [-0.05, 0) is 25.2 Å². The normalized spacial score (nSPS) is 14.7. The van der Waals surface area contributed by atoms with Gasteiger partial charge in [0.25, 0.3) is 0 Å². The van der Waals surface area contributed by atoms with E-state index in [4.69, 9.17) is 0 Å². The maximum Gasteiger partial charge on any atom is 0.0177 e. The van der Waals surface area contributed by atoms with Gasteiger partial charge in [0.05, 0.1) is 0 Å². The van der Waals surface area contributed by atoms with Crippen molar-refractivity contribution < 1.29 is 0 Å². The molecule has 0 aliphatic carbocycles. The number of rotatable bonds is 14. The Morgan fingerprint density at radius 1 is 0.700 bits per heavy atom. The van der Waals surface area contributed by atoms with Gasteiger partial charge in [-0.15, -0.1) is 0 Å². The van der Waals surface area contributed by atoms with E-state index in [1.54, 1.807) is 0 Å². The third kappa shape index (κ3) is 11.4. The second kappa shape index (κ2) is 14.6. The van der Waals surface area contributed by atoms with Crippen LogP contribution in [0.5, 0.6) is 0 Å². The smallest absolute Gasteiger partial charge is 0.0177 e. The first-order valence-corrected chi connectivity index (χ1v) is 11.2. The Kier molecular flexibility index (Phi) is 15.1. The molecule has 0 rings (SSSR count). The summed E-state index contributed by atoms with van der Waals surface area (Å²) >= 11 is 0. The fourth-order valence-corrected chi connectivity index (χ4v) is 5.57. The van der Waals surface area contributed by atoms with Gasteiger partial charge in [-0.25, -0.2) is 0 Å². The molecule has 0 aromatic rings. The third-order valence-electron chi connectivity index (χ3n) is 3.91. The zero-order valence-corrected chi connectivity index (χ0v) is 16.3. The van der Waals surface area contributed by atoms with E-state index in [1.165, 1.54) is 64.2 Å². The van der Waals surface area contributed by atoms with Crippen LogP contribution in [0.2, 0.25) is 0 Å². The van der Waals surface area contributed by atoms with Crippen LogP contribution in [-0.4, -0.2) is 10.5 Å². The summed E-state index contributed by atoms with van der Waals surface area (Å²) in [6.07, 6.45) is 14.2. The summed E-state index contributed by atoms with van der Waals surface area (Å²) in [6.45, 7) is 11.6. The molecule has 0 aromatic carbocycles. The molecule has 2 heteroatoms. The van der Waals surface area contributed by atoms with Gasteiger partial charge in [0.15, 0.2) is 0 Å². The van der Waals surface area contributed by atoms with E-state index in [9.17, 15) is 0 Å². The molecule has 122 valence electrons. The molecule has 1 unspecified atom stereocenters. The summed E-state index contributed by atoms with van der Waals surface area (Å²) in [6, 6.07) is 0. The van der Waals surface area contributed by atoms with Crippen molar-refractivity contribution in [3.05, 3.63) is 0 Å². The minimum absolute atomic E-state index is 0.755. The Morgan fingerprint density at radius 2 is 1.25 bits per heavy atom. The van der Waals surface area contributed by atoms with E-state index < -0.39 is 0 Å². The fourth-order valence-electron chi connectivity index (χ4n) is 2.67. The summed E-state index contributed by atoms with van der Waals surface area (Å²) in [5, 5.41) is 1.63. The Labute approximate surface area is 137 Å². The maximum atomic E-state index is 2.39. The molecule has 0 aromatic heterocycles. The molecule has 0 aliphatic rings. The largest absolute Gasteiger partial charge is 0.0910 e. The lowest BCUT2D eigenvalue weighted by molar-refractivity contribution is 0.392. The van der Waals surface area contributed by atoms with Crippen LogP contribution >= 0.6 is 21.6 Å². The van der Waals surface area contributed by atoms with E-state index in [0.29, 0.717) is 0 Å². The summed E-state index contributed by atoms with van der Waals surface area (Å²) in [4.78, 5) is 0. The zero-order valence-electron chi connectivity index (χ0n) is 14.6. The van der Waals surface area contributed by atoms with E-state index in [0.717, 1.165) is 16.4 Å². The van der Waals surface area contributed by atoms with Gasteiger partial charge in [0, 0.05) is 10.5 Å². The summed E-state index contributed by atoms with van der Waals surface area (Å²) in [5.41, 5.74) is 0. The number of hydrogen-bond donors (Lipinski definition) is 0. The van der Waals surface area contributed by atoms with E-state index >= 15 is 0 Å². The van der Waals surface area contributed by atoms with Crippen molar-refractivity contribution in [3.63, 3.8) is 0 Å². The summed E-state index contributed by atoms with van der Waals surface area (Å²) in [7, 11) is 4.27. The monoisotopic (exact) mass is 318 g/mol. The van der Waals surface area contributed by atoms with Crippen molar-refractivity contribution >= 4 is 21.6 Å².